The minimum Gasteiger partial charge on any atom is -0.489 e. The topological polar surface area (TPSA) is 70.6 Å². The number of hydrogen-bond donors (Lipinski definition) is 3. The van der Waals surface area contributed by atoms with Crippen LogP contribution in [0.5, 0.6) is 5.75 Å². The van der Waals surface area contributed by atoms with Gasteiger partial charge in [0.1, 0.15) is 12.4 Å². The first kappa shape index (κ1) is 16.0. The third-order valence-corrected chi connectivity index (χ3v) is 2.63. The number of nitrogens with one attached hydrogen (secondary N) is 2. The number of hydrogen-bond acceptors (Lipinski definition) is 3. The first-order valence-electron chi connectivity index (χ1n) is 6.60. The highest BCUT2D eigenvalue weighted by atomic mass is 16.5. The van der Waals surface area contributed by atoms with Crippen LogP contribution in [-0.2, 0) is 0 Å². The number of rotatable bonds is 7. The molecule has 5 heteroatoms. The van der Waals surface area contributed by atoms with Crippen LogP contribution < -0.4 is 15.4 Å². The molecule has 0 aliphatic carbocycles. The Kier molecular flexibility index (Phi) is 6.59. The molecule has 1 aromatic rings. The SMILES string of the molecule is C=C(C)COc1cccc(NC(=O)NC(CC)CO)c1. The summed E-state index contributed by atoms with van der Waals surface area (Å²) >= 11 is 0. The Morgan fingerprint density at radius 2 is 2.25 bits per heavy atom. The van der Waals surface area contributed by atoms with Gasteiger partial charge in [-0.1, -0.05) is 19.6 Å². The fraction of sp³-hybridized carbons (Fsp3) is 0.400. The second kappa shape index (κ2) is 8.22. The molecule has 0 saturated heterocycles. The van der Waals surface area contributed by atoms with E-state index in [0.717, 1.165) is 5.57 Å². The summed E-state index contributed by atoms with van der Waals surface area (Å²) in [5.41, 5.74) is 1.56. The van der Waals surface area contributed by atoms with Crippen molar-refractivity contribution in [2.45, 2.75) is 26.3 Å². The van der Waals surface area contributed by atoms with Gasteiger partial charge in [-0.05, 0) is 31.1 Å². The molecule has 0 aromatic heterocycles. The van der Waals surface area contributed by atoms with Gasteiger partial charge in [0.05, 0.1) is 12.6 Å². The molecule has 1 atom stereocenters. The Labute approximate surface area is 119 Å². The molecule has 0 radical (unpaired) electrons. The van der Waals surface area contributed by atoms with E-state index in [4.69, 9.17) is 9.84 Å². The van der Waals surface area contributed by atoms with Crippen molar-refractivity contribution in [1.29, 1.82) is 0 Å². The highest BCUT2D eigenvalue weighted by Gasteiger charge is 2.09. The quantitative estimate of drug-likeness (QED) is 0.671. The van der Waals surface area contributed by atoms with Gasteiger partial charge >= 0.3 is 6.03 Å². The zero-order valence-corrected chi connectivity index (χ0v) is 12.0. The molecule has 0 aliphatic heterocycles. The monoisotopic (exact) mass is 278 g/mol. The summed E-state index contributed by atoms with van der Waals surface area (Å²) < 4.78 is 5.50. The average molecular weight is 278 g/mol. The summed E-state index contributed by atoms with van der Waals surface area (Å²) in [5, 5.41) is 14.4. The molecule has 1 unspecified atom stereocenters. The Morgan fingerprint density at radius 1 is 1.50 bits per heavy atom. The minimum absolute atomic E-state index is 0.0777. The predicted molar refractivity (Wildman–Crippen MR) is 80.1 cm³/mol. The zero-order chi connectivity index (χ0) is 15.0. The molecular formula is C15H22N2O3. The summed E-state index contributed by atoms with van der Waals surface area (Å²) in [6.45, 7) is 7.91. The van der Waals surface area contributed by atoms with Crippen molar-refractivity contribution in [3.63, 3.8) is 0 Å². The average Bonchev–Trinajstić information content (AvgIpc) is 2.43. The van der Waals surface area contributed by atoms with Gasteiger partial charge in [-0.25, -0.2) is 4.79 Å². The molecule has 1 aromatic carbocycles. The molecule has 0 aliphatic rings. The standard InChI is InChI=1S/C15H22N2O3/c1-4-12(9-18)16-15(19)17-13-6-5-7-14(8-13)20-10-11(2)3/h5-8,12,18H,2,4,9-10H2,1,3H3,(H2,16,17,19). The molecule has 2 amide bonds. The van der Waals surface area contributed by atoms with Crippen LogP contribution in [0, 0.1) is 0 Å². The molecule has 20 heavy (non-hydrogen) atoms. The number of amides is 2. The van der Waals surface area contributed by atoms with Crippen LogP contribution in [-0.4, -0.2) is 30.4 Å². The van der Waals surface area contributed by atoms with Gasteiger partial charge in [-0.2, -0.15) is 0 Å². The van der Waals surface area contributed by atoms with Crippen molar-refractivity contribution >= 4 is 11.7 Å². The second-order valence-corrected chi connectivity index (χ2v) is 4.66. The van der Waals surface area contributed by atoms with E-state index in [2.05, 4.69) is 17.2 Å². The van der Waals surface area contributed by atoms with Crippen molar-refractivity contribution in [2.24, 2.45) is 0 Å². The number of ether oxygens (including phenoxy) is 1. The lowest BCUT2D eigenvalue weighted by atomic mass is 10.2. The van der Waals surface area contributed by atoms with E-state index in [1.807, 2.05) is 19.9 Å². The van der Waals surface area contributed by atoms with Crippen LogP contribution in [0.25, 0.3) is 0 Å². The maximum absolute atomic E-state index is 11.7. The maximum Gasteiger partial charge on any atom is 0.319 e. The summed E-state index contributed by atoms with van der Waals surface area (Å²) in [6, 6.07) is 6.54. The number of benzene rings is 1. The van der Waals surface area contributed by atoms with Crippen LogP contribution in [0.2, 0.25) is 0 Å². The number of urea groups is 1. The summed E-state index contributed by atoms with van der Waals surface area (Å²) in [6.07, 6.45) is 0.672. The zero-order valence-electron chi connectivity index (χ0n) is 12.0. The van der Waals surface area contributed by atoms with Crippen LogP contribution in [0.15, 0.2) is 36.4 Å². The van der Waals surface area contributed by atoms with Crippen LogP contribution in [0.4, 0.5) is 10.5 Å². The van der Waals surface area contributed by atoms with E-state index in [0.29, 0.717) is 24.5 Å². The molecular weight excluding hydrogens is 256 g/mol. The third kappa shape index (κ3) is 5.75. The first-order chi connectivity index (χ1) is 9.55. The largest absolute Gasteiger partial charge is 0.489 e. The molecule has 5 nitrogen and oxygen atoms in total. The van der Waals surface area contributed by atoms with Gasteiger partial charge in [0.2, 0.25) is 0 Å². The lowest BCUT2D eigenvalue weighted by Crippen LogP contribution is -2.39. The second-order valence-electron chi connectivity index (χ2n) is 4.66. The van der Waals surface area contributed by atoms with E-state index in [1.165, 1.54) is 0 Å². The van der Waals surface area contributed by atoms with Crippen LogP contribution in [0.3, 0.4) is 0 Å². The van der Waals surface area contributed by atoms with Crippen molar-refractivity contribution in [3.05, 3.63) is 36.4 Å². The third-order valence-electron chi connectivity index (χ3n) is 2.63. The number of anilines is 1. The molecule has 0 heterocycles. The molecule has 0 spiro atoms. The normalized spacial score (nSPS) is 11.6. The minimum atomic E-state index is -0.344. The summed E-state index contributed by atoms with van der Waals surface area (Å²) in [7, 11) is 0. The van der Waals surface area contributed by atoms with Gasteiger partial charge in [0.15, 0.2) is 0 Å². The smallest absolute Gasteiger partial charge is 0.319 e. The Bertz CT molecular complexity index is 456. The van der Waals surface area contributed by atoms with E-state index >= 15 is 0 Å². The van der Waals surface area contributed by atoms with Gasteiger partial charge in [0.25, 0.3) is 0 Å². The predicted octanol–water partition coefficient (Wildman–Crippen LogP) is 2.53. The number of carbonyl (C=O) groups excluding carboxylic acids is 1. The summed E-state index contributed by atoms with van der Waals surface area (Å²) in [4.78, 5) is 11.7. The summed E-state index contributed by atoms with van der Waals surface area (Å²) in [5.74, 6) is 0.667. The maximum atomic E-state index is 11.7. The molecule has 1 rings (SSSR count). The van der Waals surface area contributed by atoms with Crippen LogP contribution in [0.1, 0.15) is 20.3 Å². The molecule has 110 valence electrons. The van der Waals surface area contributed by atoms with Gasteiger partial charge in [-0.15, -0.1) is 0 Å². The Balaban J connectivity index is 2.56. The Hall–Kier alpha value is -2.01. The van der Waals surface area contributed by atoms with Crippen molar-refractivity contribution < 1.29 is 14.6 Å². The van der Waals surface area contributed by atoms with Gasteiger partial charge in [-0.3, -0.25) is 0 Å². The first-order valence-corrected chi connectivity index (χ1v) is 6.60. The molecule has 0 bridgehead atoms. The molecule has 0 saturated carbocycles. The van der Waals surface area contributed by atoms with E-state index in [1.54, 1.807) is 18.2 Å². The van der Waals surface area contributed by atoms with E-state index in [-0.39, 0.29) is 18.7 Å². The van der Waals surface area contributed by atoms with E-state index in [9.17, 15) is 4.79 Å². The fourth-order valence-corrected chi connectivity index (χ4v) is 1.50. The van der Waals surface area contributed by atoms with Crippen molar-refractivity contribution in [1.82, 2.24) is 5.32 Å². The Morgan fingerprint density at radius 3 is 2.85 bits per heavy atom. The highest BCUT2D eigenvalue weighted by molar-refractivity contribution is 5.89. The number of aliphatic hydroxyl groups is 1. The fourth-order valence-electron chi connectivity index (χ4n) is 1.50. The number of aliphatic hydroxyl groups excluding tert-OH is 1. The molecule has 0 fully saturated rings. The number of carbonyl (C=O) groups is 1. The van der Waals surface area contributed by atoms with Crippen LogP contribution >= 0.6 is 0 Å². The lowest BCUT2D eigenvalue weighted by Gasteiger charge is -2.15. The van der Waals surface area contributed by atoms with Gasteiger partial charge in [0, 0.05) is 11.8 Å². The van der Waals surface area contributed by atoms with Crippen molar-refractivity contribution in [3.8, 4) is 5.75 Å². The highest BCUT2D eigenvalue weighted by Crippen LogP contribution is 2.17. The molecule has 3 N–H and O–H groups in total. The van der Waals surface area contributed by atoms with Gasteiger partial charge < -0.3 is 20.5 Å². The van der Waals surface area contributed by atoms with Crippen molar-refractivity contribution in [2.75, 3.05) is 18.5 Å². The van der Waals surface area contributed by atoms with E-state index < -0.39 is 0 Å². The lowest BCUT2D eigenvalue weighted by molar-refractivity contribution is 0.222.